The Balaban J connectivity index is 1.99. The summed E-state index contributed by atoms with van der Waals surface area (Å²) in [5.41, 5.74) is 2.58. The molecule has 2 aromatic carbocycles. The molecule has 26 heavy (non-hydrogen) atoms. The fourth-order valence-electron chi connectivity index (χ4n) is 2.77. The standard InChI is InChI=1S/C21H19NO4/c1-3-26-19(24)12-9-14-7-10-15(11-8-14)17-13-22-21(25-2)16-5-4-6-18(23)20(16)17/h4-13,23H,3H2,1-2H3/b12-9+. The van der Waals surface area contributed by atoms with Crippen LogP contribution in [0.4, 0.5) is 0 Å². The van der Waals surface area contributed by atoms with Crippen molar-refractivity contribution >= 4 is 22.8 Å². The summed E-state index contributed by atoms with van der Waals surface area (Å²) in [5.74, 6) is 0.268. The number of aromatic hydroxyl groups is 1. The summed E-state index contributed by atoms with van der Waals surface area (Å²) in [6.07, 6.45) is 4.78. The van der Waals surface area contributed by atoms with Gasteiger partial charge >= 0.3 is 5.97 Å². The van der Waals surface area contributed by atoms with E-state index in [1.807, 2.05) is 30.3 Å². The topological polar surface area (TPSA) is 68.7 Å². The number of phenolic OH excluding ortho intramolecular Hbond substituents is 1. The minimum Gasteiger partial charge on any atom is -0.507 e. The molecule has 132 valence electrons. The van der Waals surface area contributed by atoms with Crippen LogP contribution in [0, 0.1) is 0 Å². The number of esters is 1. The van der Waals surface area contributed by atoms with Crippen molar-refractivity contribution in [1.29, 1.82) is 0 Å². The highest BCUT2D eigenvalue weighted by molar-refractivity contribution is 6.02. The van der Waals surface area contributed by atoms with E-state index < -0.39 is 0 Å². The first-order chi connectivity index (χ1) is 12.6. The first-order valence-corrected chi connectivity index (χ1v) is 8.24. The quantitative estimate of drug-likeness (QED) is 0.552. The van der Waals surface area contributed by atoms with E-state index in [1.165, 1.54) is 6.08 Å². The summed E-state index contributed by atoms with van der Waals surface area (Å²) in [4.78, 5) is 15.7. The minimum absolute atomic E-state index is 0.171. The van der Waals surface area contributed by atoms with Crippen molar-refractivity contribution in [1.82, 2.24) is 4.98 Å². The molecule has 0 unspecified atom stereocenters. The van der Waals surface area contributed by atoms with E-state index in [2.05, 4.69) is 4.98 Å². The average Bonchev–Trinajstić information content (AvgIpc) is 2.66. The summed E-state index contributed by atoms with van der Waals surface area (Å²) in [6.45, 7) is 2.12. The minimum atomic E-state index is -0.369. The molecule has 0 saturated carbocycles. The van der Waals surface area contributed by atoms with Crippen molar-refractivity contribution in [3.63, 3.8) is 0 Å². The highest BCUT2D eigenvalue weighted by Crippen LogP contribution is 2.37. The SMILES string of the molecule is CCOC(=O)/C=C/c1ccc(-c2cnc(OC)c3cccc(O)c23)cc1. The van der Waals surface area contributed by atoms with Gasteiger partial charge in [0.15, 0.2) is 0 Å². The number of hydrogen-bond acceptors (Lipinski definition) is 5. The van der Waals surface area contributed by atoms with Gasteiger partial charge in [-0.2, -0.15) is 0 Å². The molecule has 3 aromatic rings. The Hall–Kier alpha value is -3.34. The van der Waals surface area contributed by atoms with Crippen LogP contribution in [0.15, 0.2) is 54.7 Å². The number of rotatable bonds is 5. The molecule has 0 aliphatic carbocycles. The van der Waals surface area contributed by atoms with Crippen LogP contribution in [0.5, 0.6) is 11.6 Å². The zero-order chi connectivity index (χ0) is 18.5. The molecule has 5 heteroatoms. The molecule has 5 nitrogen and oxygen atoms in total. The van der Waals surface area contributed by atoms with Crippen molar-refractivity contribution in [3.8, 4) is 22.8 Å². The molecule has 1 N–H and O–H groups in total. The third kappa shape index (κ3) is 3.52. The van der Waals surface area contributed by atoms with Gasteiger partial charge in [0.25, 0.3) is 0 Å². The lowest BCUT2D eigenvalue weighted by Crippen LogP contribution is -1.98. The largest absolute Gasteiger partial charge is 0.507 e. The smallest absolute Gasteiger partial charge is 0.330 e. The summed E-state index contributed by atoms with van der Waals surface area (Å²) in [5, 5.41) is 11.8. The van der Waals surface area contributed by atoms with Gasteiger partial charge in [-0.05, 0) is 36.3 Å². The molecule has 0 radical (unpaired) electrons. The zero-order valence-electron chi connectivity index (χ0n) is 14.6. The van der Waals surface area contributed by atoms with Gasteiger partial charge in [-0.3, -0.25) is 0 Å². The fourth-order valence-corrected chi connectivity index (χ4v) is 2.77. The number of pyridine rings is 1. The Labute approximate surface area is 151 Å². The summed E-state index contributed by atoms with van der Waals surface area (Å²) < 4.78 is 10.2. The van der Waals surface area contributed by atoms with E-state index in [-0.39, 0.29) is 11.7 Å². The van der Waals surface area contributed by atoms with Gasteiger partial charge < -0.3 is 14.6 Å². The number of phenols is 1. The molecule has 0 spiro atoms. The molecule has 0 saturated heterocycles. The molecule has 1 heterocycles. The highest BCUT2D eigenvalue weighted by atomic mass is 16.5. The van der Waals surface area contributed by atoms with Gasteiger partial charge in [0.2, 0.25) is 5.88 Å². The number of carbonyl (C=O) groups excluding carboxylic acids is 1. The average molecular weight is 349 g/mol. The lowest BCUT2D eigenvalue weighted by atomic mass is 9.99. The van der Waals surface area contributed by atoms with Crippen LogP contribution < -0.4 is 4.74 Å². The lowest BCUT2D eigenvalue weighted by molar-refractivity contribution is -0.137. The highest BCUT2D eigenvalue weighted by Gasteiger charge is 2.12. The zero-order valence-corrected chi connectivity index (χ0v) is 14.6. The third-order valence-electron chi connectivity index (χ3n) is 3.97. The molecule has 0 amide bonds. The Morgan fingerprint density at radius 2 is 1.96 bits per heavy atom. The van der Waals surface area contributed by atoms with Crippen molar-refractivity contribution in [2.75, 3.05) is 13.7 Å². The number of carbonyl (C=O) groups is 1. The second-order valence-corrected chi connectivity index (χ2v) is 5.59. The van der Waals surface area contributed by atoms with Gasteiger partial charge in [-0.1, -0.05) is 30.3 Å². The van der Waals surface area contributed by atoms with Crippen molar-refractivity contribution in [2.45, 2.75) is 6.92 Å². The number of aromatic nitrogens is 1. The number of ether oxygens (including phenoxy) is 2. The van der Waals surface area contributed by atoms with E-state index >= 15 is 0 Å². The van der Waals surface area contributed by atoms with Crippen molar-refractivity contribution < 1.29 is 19.4 Å². The van der Waals surface area contributed by atoms with Gasteiger partial charge in [0.1, 0.15) is 5.75 Å². The molecule has 0 atom stereocenters. The normalized spacial score (nSPS) is 11.0. The van der Waals surface area contributed by atoms with Gasteiger partial charge in [-0.15, -0.1) is 0 Å². The third-order valence-corrected chi connectivity index (χ3v) is 3.97. The second-order valence-electron chi connectivity index (χ2n) is 5.59. The summed E-state index contributed by atoms with van der Waals surface area (Å²) in [7, 11) is 1.55. The van der Waals surface area contributed by atoms with Crippen LogP contribution >= 0.6 is 0 Å². The van der Waals surface area contributed by atoms with Gasteiger partial charge in [-0.25, -0.2) is 9.78 Å². The first kappa shape index (κ1) is 17.5. The van der Waals surface area contributed by atoms with Gasteiger partial charge in [0.05, 0.1) is 13.7 Å². The monoisotopic (exact) mass is 349 g/mol. The van der Waals surface area contributed by atoms with Crippen molar-refractivity contribution in [3.05, 3.63) is 60.3 Å². The summed E-state index contributed by atoms with van der Waals surface area (Å²) >= 11 is 0. The predicted molar refractivity (Wildman–Crippen MR) is 101 cm³/mol. The maximum atomic E-state index is 11.4. The second kappa shape index (κ2) is 7.70. The summed E-state index contributed by atoms with van der Waals surface area (Å²) in [6, 6.07) is 12.9. The van der Waals surface area contributed by atoms with Crippen LogP contribution in [-0.4, -0.2) is 29.8 Å². The maximum absolute atomic E-state index is 11.4. The molecular weight excluding hydrogens is 330 g/mol. The number of fused-ring (bicyclic) bond motifs is 1. The number of methoxy groups -OCH3 is 1. The van der Waals surface area contributed by atoms with E-state index in [9.17, 15) is 9.90 Å². The van der Waals surface area contributed by atoms with Gasteiger partial charge in [0, 0.05) is 28.6 Å². The molecule has 0 aliphatic heterocycles. The number of benzene rings is 2. The van der Waals surface area contributed by atoms with Crippen LogP contribution in [-0.2, 0) is 9.53 Å². The van der Waals surface area contributed by atoms with E-state index in [4.69, 9.17) is 9.47 Å². The molecule has 0 aliphatic rings. The predicted octanol–water partition coefficient (Wildman–Crippen LogP) is 4.19. The van der Waals surface area contributed by atoms with E-state index in [0.29, 0.717) is 17.9 Å². The molecule has 0 bridgehead atoms. The molecule has 1 aromatic heterocycles. The lowest BCUT2D eigenvalue weighted by Gasteiger charge is -2.11. The Morgan fingerprint density at radius 1 is 1.19 bits per heavy atom. The van der Waals surface area contributed by atoms with Crippen LogP contribution in [0.25, 0.3) is 28.0 Å². The van der Waals surface area contributed by atoms with Crippen LogP contribution in [0.2, 0.25) is 0 Å². The Morgan fingerprint density at radius 3 is 2.65 bits per heavy atom. The fraction of sp³-hybridized carbons (Fsp3) is 0.143. The first-order valence-electron chi connectivity index (χ1n) is 8.24. The van der Waals surface area contributed by atoms with Crippen LogP contribution in [0.3, 0.4) is 0 Å². The van der Waals surface area contributed by atoms with E-state index in [0.717, 1.165) is 22.1 Å². The van der Waals surface area contributed by atoms with Crippen LogP contribution in [0.1, 0.15) is 12.5 Å². The molecule has 3 rings (SSSR count). The van der Waals surface area contributed by atoms with Crippen molar-refractivity contribution in [2.24, 2.45) is 0 Å². The number of nitrogens with zero attached hydrogens (tertiary/aromatic N) is 1. The van der Waals surface area contributed by atoms with E-state index in [1.54, 1.807) is 38.4 Å². The Kier molecular flexibility index (Phi) is 5.17. The Bertz CT molecular complexity index is 962. The maximum Gasteiger partial charge on any atom is 0.330 e. The number of hydrogen-bond donors (Lipinski definition) is 1. The molecular formula is C21H19NO4. The molecule has 0 fully saturated rings.